The van der Waals surface area contributed by atoms with Gasteiger partial charge < -0.3 is 10.2 Å². The van der Waals surface area contributed by atoms with Gasteiger partial charge in [0.1, 0.15) is 0 Å². The summed E-state index contributed by atoms with van der Waals surface area (Å²) in [7, 11) is 0. The molecule has 4 rings (SSSR count). The van der Waals surface area contributed by atoms with Gasteiger partial charge in [-0.1, -0.05) is 42.0 Å². The maximum atomic E-state index is 3.59. The van der Waals surface area contributed by atoms with Gasteiger partial charge in [0.05, 0.1) is 6.04 Å². The Hall–Kier alpha value is -1.80. The molecule has 1 N–H and O–H groups in total. The fourth-order valence-electron chi connectivity index (χ4n) is 3.83. The van der Waals surface area contributed by atoms with E-state index < -0.39 is 0 Å². The topological polar surface area (TPSA) is 15.3 Å². The zero-order valence-electron chi connectivity index (χ0n) is 12.6. The standard InChI is InChI=1S/C19H22N2/c1-14-8-9-18-15(11-14)6-4-10-21(18)19-13-20-12-16-5-2-3-7-17(16)19/h2-3,5,7-9,11,19-20H,4,6,10,12-13H2,1H3. The number of anilines is 1. The van der Waals surface area contributed by atoms with Crippen molar-refractivity contribution in [3.8, 4) is 0 Å². The SMILES string of the molecule is Cc1ccc2c(c1)CCCN2C1CNCc2ccccc21. The van der Waals surface area contributed by atoms with Crippen molar-refractivity contribution in [2.75, 3.05) is 18.0 Å². The molecular weight excluding hydrogens is 256 g/mol. The zero-order valence-corrected chi connectivity index (χ0v) is 12.6. The molecule has 2 aliphatic rings. The monoisotopic (exact) mass is 278 g/mol. The van der Waals surface area contributed by atoms with Gasteiger partial charge in [-0.15, -0.1) is 0 Å². The third kappa shape index (κ3) is 2.24. The molecule has 0 saturated heterocycles. The number of fused-ring (bicyclic) bond motifs is 2. The van der Waals surface area contributed by atoms with Crippen molar-refractivity contribution >= 4 is 5.69 Å². The molecule has 2 nitrogen and oxygen atoms in total. The first-order valence-corrected chi connectivity index (χ1v) is 7.97. The van der Waals surface area contributed by atoms with Crippen LogP contribution in [0.3, 0.4) is 0 Å². The van der Waals surface area contributed by atoms with Crippen LogP contribution >= 0.6 is 0 Å². The molecule has 0 aromatic heterocycles. The Bertz CT molecular complexity index is 662. The van der Waals surface area contributed by atoms with Crippen LogP contribution in [0.4, 0.5) is 5.69 Å². The van der Waals surface area contributed by atoms with Crippen molar-refractivity contribution in [2.45, 2.75) is 32.4 Å². The molecule has 0 radical (unpaired) electrons. The van der Waals surface area contributed by atoms with Crippen molar-refractivity contribution in [2.24, 2.45) is 0 Å². The summed E-state index contributed by atoms with van der Waals surface area (Å²) in [5.41, 5.74) is 7.29. The van der Waals surface area contributed by atoms with Gasteiger partial charge in [0.2, 0.25) is 0 Å². The summed E-state index contributed by atoms with van der Waals surface area (Å²) in [6.45, 7) is 5.40. The fourth-order valence-corrected chi connectivity index (χ4v) is 3.83. The van der Waals surface area contributed by atoms with Crippen LogP contribution in [0.25, 0.3) is 0 Å². The number of nitrogens with zero attached hydrogens (tertiary/aromatic N) is 1. The van der Waals surface area contributed by atoms with Gasteiger partial charge in [0.15, 0.2) is 0 Å². The molecule has 1 atom stereocenters. The molecule has 2 aromatic carbocycles. The number of nitrogens with one attached hydrogen (secondary N) is 1. The third-order valence-electron chi connectivity index (χ3n) is 4.83. The lowest BCUT2D eigenvalue weighted by atomic mass is 9.92. The number of benzene rings is 2. The van der Waals surface area contributed by atoms with E-state index in [1.54, 1.807) is 0 Å². The summed E-state index contributed by atoms with van der Waals surface area (Å²) < 4.78 is 0. The summed E-state index contributed by atoms with van der Waals surface area (Å²) >= 11 is 0. The first kappa shape index (κ1) is 12.9. The highest BCUT2D eigenvalue weighted by Gasteiger charge is 2.28. The second kappa shape index (κ2) is 5.19. The Labute approximate surface area is 126 Å². The van der Waals surface area contributed by atoms with Gasteiger partial charge in [0.25, 0.3) is 0 Å². The quantitative estimate of drug-likeness (QED) is 0.857. The van der Waals surface area contributed by atoms with E-state index in [1.807, 2.05) is 0 Å². The average molecular weight is 278 g/mol. The van der Waals surface area contributed by atoms with Gasteiger partial charge in [-0.25, -0.2) is 0 Å². The lowest BCUT2D eigenvalue weighted by Crippen LogP contribution is -2.42. The van der Waals surface area contributed by atoms with Crippen molar-refractivity contribution < 1.29 is 0 Å². The van der Waals surface area contributed by atoms with Gasteiger partial charge >= 0.3 is 0 Å². The van der Waals surface area contributed by atoms with Crippen LogP contribution in [0.1, 0.15) is 34.7 Å². The maximum Gasteiger partial charge on any atom is 0.0670 e. The predicted molar refractivity (Wildman–Crippen MR) is 87.7 cm³/mol. The van der Waals surface area contributed by atoms with Crippen LogP contribution in [-0.2, 0) is 13.0 Å². The molecular formula is C19H22N2. The highest BCUT2D eigenvalue weighted by atomic mass is 15.2. The number of hydrogen-bond donors (Lipinski definition) is 1. The smallest absolute Gasteiger partial charge is 0.0670 e. The summed E-state index contributed by atoms with van der Waals surface area (Å²) in [4.78, 5) is 2.61. The fraction of sp³-hybridized carbons (Fsp3) is 0.368. The Morgan fingerprint density at radius 1 is 1.10 bits per heavy atom. The van der Waals surface area contributed by atoms with E-state index in [1.165, 1.54) is 40.8 Å². The van der Waals surface area contributed by atoms with E-state index >= 15 is 0 Å². The average Bonchev–Trinajstić information content (AvgIpc) is 2.53. The van der Waals surface area contributed by atoms with Crippen LogP contribution in [0, 0.1) is 6.92 Å². The summed E-state index contributed by atoms with van der Waals surface area (Å²) in [6, 6.07) is 16.3. The van der Waals surface area contributed by atoms with E-state index in [2.05, 4.69) is 59.6 Å². The van der Waals surface area contributed by atoms with Crippen LogP contribution in [-0.4, -0.2) is 13.1 Å². The first-order valence-electron chi connectivity index (χ1n) is 7.97. The minimum absolute atomic E-state index is 0.469. The second-order valence-corrected chi connectivity index (χ2v) is 6.27. The van der Waals surface area contributed by atoms with Crippen molar-refractivity contribution in [1.82, 2.24) is 5.32 Å². The minimum Gasteiger partial charge on any atom is -0.363 e. The Morgan fingerprint density at radius 3 is 2.95 bits per heavy atom. The van der Waals surface area contributed by atoms with Crippen LogP contribution < -0.4 is 10.2 Å². The molecule has 0 spiro atoms. The van der Waals surface area contributed by atoms with E-state index in [9.17, 15) is 0 Å². The molecule has 21 heavy (non-hydrogen) atoms. The van der Waals surface area contributed by atoms with Crippen molar-refractivity contribution in [3.05, 3.63) is 64.7 Å². The molecule has 108 valence electrons. The van der Waals surface area contributed by atoms with E-state index in [0.717, 1.165) is 19.6 Å². The summed E-state index contributed by atoms with van der Waals surface area (Å²) in [5.74, 6) is 0. The maximum absolute atomic E-state index is 3.59. The van der Waals surface area contributed by atoms with E-state index in [4.69, 9.17) is 0 Å². The first-order chi connectivity index (χ1) is 10.3. The molecule has 0 amide bonds. The number of rotatable bonds is 1. The molecule has 0 aliphatic carbocycles. The second-order valence-electron chi connectivity index (χ2n) is 6.27. The van der Waals surface area contributed by atoms with E-state index in [-0.39, 0.29) is 0 Å². The molecule has 2 heteroatoms. The van der Waals surface area contributed by atoms with Crippen LogP contribution in [0.5, 0.6) is 0 Å². The Kier molecular flexibility index (Phi) is 3.19. The van der Waals surface area contributed by atoms with Gasteiger partial charge in [0, 0.05) is 25.3 Å². The van der Waals surface area contributed by atoms with Crippen molar-refractivity contribution in [1.29, 1.82) is 0 Å². The van der Waals surface area contributed by atoms with Gasteiger partial charge in [-0.2, -0.15) is 0 Å². The number of aryl methyl sites for hydroxylation is 2. The van der Waals surface area contributed by atoms with Crippen LogP contribution in [0.2, 0.25) is 0 Å². The molecule has 2 aromatic rings. The lowest BCUT2D eigenvalue weighted by molar-refractivity contribution is 0.500. The Balaban J connectivity index is 1.76. The third-order valence-corrected chi connectivity index (χ3v) is 4.83. The normalized spacial score (nSPS) is 20.8. The molecule has 0 bridgehead atoms. The van der Waals surface area contributed by atoms with Crippen LogP contribution in [0.15, 0.2) is 42.5 Å². The lowest BCUT2D eigenvalue weighted by Gasteiger charge is -2.41. The molecule has 0 fully saturated rings. The summed E-state index contributed by atoms with van der Waals surface area (Å²) in [6.07, 6.45) is 2.48. The Morgan fingerprint density at radius 2 is 2.00 bits per heavy atom. The van der Waals surface area contributed by atoms with Gasteiger partial charge in [-0.05, 0) is 42.5 Å². The highest BCUT2D eigenvalue weighted by Crippen LogP contribution is 2.36. The van der Waals surface area contributed by atoms with E-state index in [0.29, 0.717) is 6.04 Å². The highest BCUT2D eigenvalue weighted by molar-refractivity contribution is 5.59. The molecule has 1 unspecified atom stereocenters. The predicted octanol–water partition coefficient (Wildman–Crippen LogP) is 3.59. The largest absolute Gasteiger partial charge is 0.363 e. The minimum atomic E-state index is 0.469. The molecule has 2 aliphatic heterocycles. The molecule has 2 heterocycles. The van der Waals surface area contributed by atoms with Gasteiger partial charge in [-0.3, -0.25) is 0 Å². The summed E-state index contributed by atoms with van der Waals surface area (Å²) in [5, 5.41) is 3.59. The zero-order chi connectivity index (χ0) is 14.2. The van der Waals surface area contributed by atoms with Crippen molar-refractivity contribution in [3.63, 3.8) is 0 Å². The number of hydrogen-bond acceptors (Lipinski definition) is 2. The molecule has 0 saturated carbocycles.